The van der Waals surface area contributed by atoms with E-state index in [1.54, 1.807) is 0 Å². The number of nitrogens with one attached hydrogen (secondary N) is 1. The highest BCUT2D eigenvalue weighted by Crippen LogP contribution is 2.20. The molecule has 1 aromatic carbocycles. The molecule has 0 saturated carbocycles. The molecule has 1 fully saturated rings. The van der Waals surface area contributed by atoms with E-state index < -0.39 is 0 Å². The van der Waals surface area contributed by atoms with E-state index in [1.807, 2.05) is 30.0 Å². The Morgan fingerprint density at radius 2 is 2.11 bits per heavy atom. The maximum atomic E-state index is 11.8. The Labute approximate surface area is 114 Å². The number of amides is 1. The second-order valence-electron chi connectivity index (χ2n) is 5.10. The normalized spacial score (nSPS) is 14.9. The zero-order valence-electron chi connectivity index (χ0n) is 11.5. The molecule has 1 aliphatic rings. The topological polar surface area (TPSA) is 52.6 Å². The fourth-order valence-electron chi connectivity index (χ4n) is 2.41. The summed E-state index contributed by atoms with van der Waals surface area (Å²) < 4.78 is 0. The van der Waals surface area contributed by atoms with Crippen molar-refractivity contribution in [3.8, 4) is 5.75 Å². The number of para-hydroxylation sites is 1. The number of aryl methyl sites for hydroxylation is 1. The van der Waals surface area contributed by atoms with Gasteiger partial charge in [-0.1, -0.05) is 18.2 Å². The van der Waals surface area contributed by atoms with Crippen LogP contribution in [0, 0.1) is 6.92 Å². The molecule has 0 aromatic heterocycles. The van der Waals surface area contributed by atoms with Gasteiger partial charge in [-0.25, -0.2) is 0 Å². The van der Waals surface area contributed by atoms with Crippen molar-refractivity contribution < 1.29 is 9.90 Å². The molecule has 0 unspecified atom stereocenters. The number of phenols is 1. The van der Waals surface area contributed by atoms with E-state index in [4.69, 9.17) is 0 Å². The van der Waals surface area contributed by atoms with E-state index in [2.05, 4.69) is 5.32 Å². The van der Waals surface area contributed by atoms with E-state index in [-0.39, 0.29) is 5.91 Å². The Morgan fingerprint density at radius 1 is 1.37 bits per heavy atom. The first-order valence-corrected chi connectivity index (χ1v) is 6.94. The lowest BCUT2D eigenvalue weighted by atomic mass is 10.1. The molecule has 1 aliphatic heterocycles. The number of rotatable bonds is 5. The molecule has 1 heterocycles. The van der Waals surface area contributed by atoms with Gasteiger partial charge >= 0.3 is 0 Å². The molecule has 2 rings (SSSR count). The molecule has 4 nitrogen and oxygen atoms in total. The predicted molar refractivity (Wildman–Crippen MR) is 75.0 cm³/mol. The number of nitrogens with zero attached hydrogens (tertiary/aromatic N) is 1. The minimum absolute atomic E-state index is 0.235. The Bertz CT molecular complexity index is 440. The standard InChI is InChI=1S/C15H22N2O2/c1-12-5-4-6-13(15(12)19)11-16-8-7-14(18)17-9-2-3-10-17/h4-6,16,19H,2-3,7-11H2,1H3. The zero-order chi connectivity index (χ0) is 13.7. The van der Waals surface area contributed by atoms with Crippen molar-refractivity contribution in [2.24, 2.45) is 0 Å². The molecular weight excluding hydrogens is 240 g/mol. The third kappa shape index (κ3) is 3.70. The van der Waals surface area contributed by atoms with Crippen LogP contribution in [0.1, 0.15) is 30.4 Å². The molecule has 2 N–H and O–H groups in total. The highest BCUT2D eigenvalue weighted by atomic mass is 16.3. The van der Waals surface area contributed by atoms with Crippen LogP contribution in [0.25, 0.3) is 0 Å². The average Bonchev–Trinajstić information content (AvgIpc) is 2.93. The van der Waals surface area contributed by atoms with Crippen molar-refractivity contribution in [2.45, 2.75) is 32.7 Å². The van der Waals surface area contributed by atoms with Gasteiger partial charge < -0.3 is 15.3 Å². The molecule has 0 aliphatic carbocycles. The second-order valence-corrected chi connectivity index (χ2v) is 5.10. The molecule has 104 valence electrons. The lowest BCUT2D eigenvalue weighted by Gasteiger charge is -2.15. The first kappa shape index (κ1) is 13.9. The lowest BCUT2D eigenvalue weighted by molar-refractivity contribution is -0.130. The quantitative estimate of drug-likeness (QED) is 0.796. The minimum atomic E-state index is 0.235. The first-order chi connectivity index (χ1) is 9.18. The number of carbonyl (C=O) groups is 1. The summed E-state index contributed by atoms with van der Waals surface area (Å²) in [6.07, 6.45) is 2.80. The van der Waals surface area contributed by atoms with E-state index in [0.717, 1.165) is 37.1 Å². The van der Waals surface area contributed by atoms with Gasteiger partial charge in [0, 0.05) is 38.2 Å². The average molecular weight is 262 g/mol. The summed E-state index contributed by atoms with van der Waals surface area (Å²) in [5, 5.41) is 13.1. The van der Waals surface area contributed by atoms with Crippen molar-refractivity contribution >= 4 is 5.91 Å². The number of benzene rings is 1. The van der Waals surface area contributed by atoms with Crippen LogP contribution in [-0.2, 0) is 11.3 Å². The summed E-state index contributed by atoms with van der Waals surface area (Å²) in [6.45, 7) is 4.97. The number of likely N-dealkylation sites (tertiary alicyclic amines) is 1. The Balaban J connectivity index is 1.71. The van der Waals surface area contributed by atoms with Gasteiger partial charge in [0.05, 0.1) is 0 Å². The van der Waals surface area contributed by atoms with Crippen LogP contribution < -0.4 is 5.32 Å². The molecule has 0 atom stereocenters. The van der Waals surface area contributed by atoms with Crippen molar-refractivity contribution in [2.75, 3.05) is 19.6 Å². The van der Waals surface area contributed by atoms with Gasteiger partial charge in [0.25, 0.3) is 0 Å². The van der Waals surface area contributed by atoms with Gasteiger partial charge in [0.15, 0.2) is 0 Å². The molecular formula is C15H22N2O2. The van der Waals surface area contributed by atoms with Gasteiger partial charge in [-0.05, 0) is 25.3 Å². The predicted octanol–water partition coefficient (Wildman–Crippen LogP) is 1.80. The summed E-state index contributed by atoms with van der Waals surface area (Å²) in [4.78, 5) is 13.8. The highest BCUT2D eigenvalue weighted by Gasteiger charge is 2.16. The second kappa shape index (κ2) is 6.57. The summed E-state index contributed by atoms with van der Waals surface area (Å²) in [6, 6.07) is 5.72. The Morgan fingerprint density at radius 3 is 2.84 bits per heavy atom. The fraction of sp³-hybridized carbons (Fsp3) is 0.533. The van der Waals surface area contributed by atoms with E-state index in [1.165, 1.54) is 0 Å². The van der Waals surface area contributed by atoms with E-state index in [9.17, 15) is 9.90 Å². The molecule has 19 heavy (non-hydrogen) atoms. The molecule has 0 radical (unpaired) electrons. The number of phenolic OH excluding ortho intramolecular Hbond substituents is 1. The molecule has 0 spiro atoms. The monoisotopic (exact) mass is 262 g/mol. The van der Waals surface area contributed by atoms with Crippen molar-refractivity contribution in [3.63, 3.8) is 0 Å². The molecule has 4 heteroatoms. The van der Waals surface area contributed by atoms with Gasteiger partial charge in [0.2, 0.25) is 5.91 Å². The number of hydrogen-bond donors (Lipinski definition) is 2. The molecule has 0 bridgehead atoms. The largest absolute Gasteiger partial charge is 0.507 e. The summed E-state index contributed by atoms with van der Waals surface area (Å²) >= 11 is 0. The van der Waals surface area contributed by atoms with Crippen LogP contribution in [0.15, 0.2) is 18.2 Å². The Hall–Kier alpha value is -1.55. The molecule has 1 saturated heterocycles. The lowest BCUT2D eigenvalue weighted by Crippen LogP contribution is -2.30. The molecule has 1 aromatic rings. The van der Waals surface area contributed by atoms with Crippen LogP contribution in [0.5, 0.6) is 5.75 Å². The number of carbonyl (C=O) groups excluding carboxylic acids is 1. The zero-order valence-corrected chi connectivity index (χ0v) is 11.5. The summed E-state index contributed by atoms with van der Waals surface area (Å²) in [7, 11) is 0. The maximum absolute atomic E-state index is 11.8. The summed E-state index contributed by atoms with van der Waals surface area (Å²) in [5.74, 6) is 0.583. The fourth-order valence-corrected chi connectivity index (χ4v) is 2.41. The third-order valence-electron chi connectivity index (χ3n) is 3.61. The first-order valence-electron chi connectivity index (χ1n) is 6.94. The minimum Gasteiger partial charge on any atom is -0.507 e. The van der Waals surface area contributed by atoms with Crippen LogP contribution in [0.2, 0.25) is 0 Å². The van der Waals surface area contributed by atoms with Gasteiger partial charge in [-0.2, -0.15) is 0 Å². The van der Waals surface area contributed by atoms with Crippen LogP contribution in [0.4, 0.5) is 0 Å². The number of hydrogen-bond acceptors (Lipinski definition) is 3. The van der Waals surface area contributed by atoms with Crippen LogP contribution in [0.3, 0.4) is 0 Å². The van der Waals surface area contributed by atoms with Crippen LogP contribution >= 0.6 is 0 Å². The van der Waals surface area contributed by atoms with E-state index in [0.29, 0.717) is 25.3 Å². The Kier molecular flexibility index (Phi) is 4.80. The molecule has 1 amide bonds. The van der Waals surface area contributed by atoms with Crippen molar-refractivity contribution in [1.82, 2.24) is 10.2 Å². The smallest absolute Gasteiger partial charge is 0.223 e. The van der Waals surface area contributed by atoms with Gasteiger partial charge in [-0.15, -0.1) is 0 Å². The SMILES string of the molecule is Cc1cccc(CNCCC(=O)N2CCCC2)c1O. The van der Waals surface area contributed by atoms with Gasteiger partial charge in [0.1, 0.15) is 5.75 Å². The van der Waals surface area contributed by atoms with Crippen molar-refractivity contribution in [1.29, 1.82) is 0 Å². The van der Waals surface area contributed by atoms with E-state index >= 15 is 0 Å². The highest BCUT2D eigenvalue weighted by molar-refractivity contribution is 5.76. The third-order valence-corrected chi connectivity index (χ3v) is 3.61. The number of aromatic hydroxyl groups is 1. The summed E-state index contributed by atoms with van der Waals surface area (Å²) in [5.41, 5.74) is 1.76. The van der Waals surface area contributed by atoms with Crippen LogP contribution in [-0.4, -0.2) is 35.5 Å². The van der Waals surface area contributed by atoms with Crippen molar-refractivity contribution in [3.05, 3.63) is 29.3 Å². The maximum Gasteiger partial charge on any atom is 0.223 e. The van der Waals surface area contributed by atoms with Gasteiger partial charge in [-0.3, -0.25) is 4.79 Å².